The first-order valence-electron chi connectivity index (χ1n) is 1.86. The molecular weight excluding hydrogens is 309 g/mol. The molecule has 0 saturated heterocycles. The van der Waals surface area contributed by atoms with Crippen LogP contribution < -0.4 is 0 Å². The zero-order valence-electron chi connectivity index (χ0n) is 6.47. The molecule has 0 aliphatic carbocycles. The molecule has 0 heterocycles. The van der Waals surface area contributed by atoms with E-state index in [9.17, 15) is 4.57 Å². The molecular formula is C3H13O5P2Zn2+. The van der Waals surface area contributed by atoms with Crippen LogP contribution >= 0.6 is 15.6 Å². The van der Waals surface area contributed by atoms with Crippen molar-refractivity contribution in [3.05, 3.63) is 0 Å². The Bertz CT molecular complexity index is 122. The van der Waals surface area contributed by atoms with Crippen LogP contribution in [0.1, 0.15) is 7.43 Å². The minimum Gasteiger partial charge on any atom is -0.325 e. The Morgan fingerprint density at radius 1 is 1.25 bits per heavy atom. The summed E-state index contributed by atoms with van der Waals surface area (Å²) in [5, 5.41) is 0. The van der Waals surface area contributed by atoms with E-state index < -0.39 is 15.6 Å². The summed E-state index contributed by atoms with van der Waals surface area (Å²) in [6.45, 7) is 2.09. The van der Waals surface area contributed by atoms with Crippen LogP contribution in [0.5, 0.6) is 0 Å². The summed E-state index contributed by atoms with van der Waals surface area (Å²) in [6.07, 6.45) is 0. The molecule has 1 atom stereocenters. The van der Waals surface area contributed by atoms with E-state index in [0.717, 1.165) is 6.66 Å². The van der Waals surface area contributed by atoms with Crippen molar-refractivity contribution in [3.63, 3.8) is 0 Å². The fourth-order valence-corrected chi connectivity index (χ4v) is 0. The fraction of sp³-hybridized carbons (Fsp3) is 1.00. The van der Waals surface area contributed by atoms with Gasteiger partial charge in [0, 0.05) is 45.6 Å². The SMILES string of the molecule is C.CP(=O)(O)O.C[P+](=O)O.[Zn].[Zn]. The third-order valence-corrected chi connectivity index (χ3v) is 0. The normalized spacial score (nSPS) is 8.58. The van der Waals surface area contributed by atoms with Crippen LogP contribution in [0.15, 0.2) is 0 Å². The van der Waals surface area contributed by atoms with E-state index in [-0.39, 0.29) is 46.4 Å². The van der Waals surface area contributed by atoms with Gasteiger partial charge in [-0.15, -0.1) is 0 Å². The zero-order chi connectivity index (χ0) is 8.08. The van der Waals surface area contributed by atoms with Crippen LogP contribution in [0.4, 0.5) is 0 Å². The largest absolute Gasteiger partial charge is 0.502 e. The van der Waals surface area contributed by atoms with Crippen molar-refractivity contribution in [2.75, 3.05) is 13.3 Å². The second kappa shape index (κ2) is 15.0. The first-order valence-corrected chi connectivity index (χ1v) is 5.58. The van der Waals surface area contributed by atoms with Crippen molar-refractivity contribution in [1.82, 2.24) is 0 Å². The Hall–Kier alpha value is 1.46. The molecule has 12 heavy (non-hydrogen) atoms. The van der Waals surface area contributed by atoms with E-state index in [1.165, 1.54) is 6.66 Å². The monoisotopic (exact) mass is 319 g/mol. The van der Waals surface area contributed by atoms with Crippen LogP contribution in [0.2, 0.25) is 0 Å². The van der Waals surface area contributed by atoms with Crippen LogP contribution in [0.25, 0.3) is 0 Å². The predicted octanol–water partition coefficient (Wildman–Crippen LogP) is 0.776. The molecule has 0 amide bonds. The second-order valence-electron chi connectivity index (χ2n) is 1.30. The summed E-state index contributed by atoms with van der Waals surface area (Å²) < 4.78 is 18.5. The quantitative estimate of drug-likeness (QED) is 0.452. The van der Waals surface area contributed by atoms with E-state index in [1.54, 1.807) is 0 Å². The molecule has 0 aliphatic rings. The van der Waals surface area contributed by atoms with E-state index in [1.807, 2.05) is 0 Å². The van der Waals surface area contributed by atoms with Gasteiger partial charge in [0.2, 0.25) is 0 Å². The van der Waals surface area contributed by atoms with Gasteiger partial charge in [0.05, 0.1) is 0 Å². The van der Waals surface area contributed by atoms with E-state index >= 15 is 0 Å². The molecule has 0 spiro atoms. The zero-order valence-corrected chi connectivity index (χ0v) is 14.2. The van der Waals surface area contributed by atoms with Gasteiger partial charge in [-0.3, -0.25) is 4.57 Å². The molecule has 0 aromatic carbocycles. The van der Waals surface area contributed by atoms with Crippen molar-refractivity contribution < 1.29 is 62.8 Å². The minimum absolute atomic E-state index is 0. The van der Waals surface area contributed by atoms with Crippen LogP contribution in [-0.4, -0.2) is 28.0 Å². The van der Waals surface area contributed by atoms with Gasteiger partial charge in [-0.05, 0) is 4.57 Å². The van der Waals surface area contributed by atoms with E-state index in [2.05, 4.69) is 0 Å². The van der Waals surface area contributed by atoms with Gasteiger partial charge in [0.1, 0.15) is 0 Å². The summed E-state index contributed by atoms with van der Waals surface area (Å²) >= 11 is 0. The van der Waals surface area contributed by atoms with Crippen molar-refractivity contribution in [2.24, 2.45) is 0 Å². The smallest absolute Gasteiger partial charge is 0.325 e. The van der Waals surface area contributed by atoms with Crippen molar-refractivity contribution in [2.45, 2.75) is 7.43 Å². The molecule has 0 rings (SSSR count). The maximum Gasteiger partial charge on any atom is 0.502 e. The number of hydrogen-bond donors (Lipinski definition) is 3. The molecule has 1 unspecified atom stereocenters. The first kappa shape index (κ1) is 29.2. The first-order chi connectivity index (χ1) is 3.73. The Labute approximate surface area is 98.9 Å². The third-order valence-electron chi connectivity index (χ3n) is 0. The molecule has 0 aromatic heterocycles. The molecule has 9 heteroatoms. The maximum absolute atomic E-state index is 9.33. The van der Waals surface area contributed by atoms with Gasteiger partial charge in [0.15, 0.2) is 6.66 Å². The van der Waals surface area contributed by atoms with Crippen molar-refractivity contribution in [1.29, 1.82) is 0 Å². The maximum atomic E-state index is 9.33. The Morgan fingerprint density at radius 2 is 1.25 bits per heavy atom. The van der Waals surface area contributed by atoms with E-state index in [0.29, 0.717) is 0 Å². The van der Waals surface area contributed by atoms with Gasteiger partial charge in [-0.2, -0.15) is 4.89 Å². The summed E-state index contributed by atoms with van der Waals surface area (Å²) in [6, 6.07) is 0. The van der Waals surface area contributed by atoms with Crippen LogP contribution in [0.3, 0.4) is 0 Å². The molecule has 0 fully saturated rings. The van der Waals surface area contributed by atoms with Gasteiger partial charge >= 0.3 is 15.6 Å². The minimum atomic E-state index is -3.64. The second-order valence-corrected chi connectivity index (χ2v) is 3.90. The average Bonchev–Trinajstić information content (AvgIpc) is 1.19. The predicted molar refractivity (Wildman–Crippen MR) is 40.4 cm³/mol. The van der Waals surface area contributed by atoms with Gasteiger partial charge in [-0.25, -0.2) is 0 Å². The van der Waals surface area contributed by atoms with Gasteiger partial charge < -0.3 is 9.79 Å². The Balaban J connectivity index is -0.0000000221. The van der Waals surface area contributed by atoms with Crippen LogP contribution in [-0.2, 0) is 48.1 Å². The van der Waals surface area contributed by atoms with Crippen molar-refractivity contribution >= 4 is 15.6 Å². The van der Waals surface area contributed by atoms with E-state index in [4.69, 9.17) is 19.2 Å². The summed E-state index contributed by atoms with van der Waals surface area (Å²) in [5.74, 6) is 0. The standard InChI is InChI=1S/CH5O3P.CH3O2P.CH4.2Zn/c1-5(2,3)4;1-4(2)3;;;/h1H3,(H2,2,3,4);1H3;1H4;;/p+1. The molecule has 0 saturated carbocycles. The number of hydrogen-bond acceptors (Lipinski definition) is 2. The fourth-order valence-electron chi connectivity index (χ4n) is 0. The topological polar surface area (TPSA) is 94.8 Å². The Morgan fingerprint density at radius 3 is 1.25 bits per heavy atom. The van der Waals surface area contributed by atoms with Crippen LogP contribution in [0, 0.1) is 0 Å². The Kier molecular flexibility index (Phi) is 36.4. The molecule has 0 bridgehead atoms. The summed E-state index contributed by atoms with van der Waals surface area (Å²) in [5.41, 5.74) is 0. The summed E-state index contributed by atoms with van der Waals surface area (Å²) in [4.78, 5) is 22.8. The molecule has 5 nitrogen and oxygen atoms in total. The molecule has 0 aliphatic heterocycles. The molecule has 68 valence electrons. The molecule has 3 N–H and O–H groups in total. The molecule has 0 radical (unpaired) electrons. The van der Waals surface area contributed by atoms with Gasteiger partial charge in [0.25, 0.3) is 0 Å². The number of rotatable bonds is 0. The third kappa shape index (κ3) is 590. The average molecular weight is 322 g/mol. The van der Waals surface area contributed by atoms with Crippen molar-refractivity contribution in [3.8, 4) is 0 Å². The van der Waals surface area contributed by atoms with Gasteiger partial charge in [-0.1, -0.05) is 7.43 Å². The molecule has 0 aromatic rings. The summed E-state index contributed by atoms with van der Waals surface area (Å²) in [7, 11) is -5.51.